The van der Waals surface area contributed by atoms with Crippen molar-refractivity contribution in [3.63, 3.8) is 0 Å². The normalized spacial score (nSPS) is 11.3. The summed E-state index contributed by atoms with van der Waals surface area (Å²) in [4.78, 5) is 17.5. The molecule has 0 saturated carbocycles. The van der Waals surface area contributed by atoms with E-state index in [9.17, 15) is 4.79 Å². The van der Waals surface area contributed by atoms with E-state index in [0.717, 1.165) is 34.5 Å². The molecule has 1 amide bonds. The zero-order valence-electron chi connectivity index (χ0n) is 17.2. The predicted octanol–water partition coefficient (Wildman–Crippen LogP) is 4.32. The average molecular weight is 380 g/mol. The van der Waals surface area contributed by atoms with E-state index >= 15 is 0 Å². The molecule has 0 aliphatic rings. The second-order valence-corrected chi connectivity index (χ2v) is 7.69. The number of aromatic nitrogens is 1. The third-order valence-corrected chi connectivity index (χ3v) is 4.68. The number of likely N-dealkylation sites (N-methyl/N-ethyl adjacent to an activating group) is 1. The molecule has 0 spiro atoms. The topological polar surface area (TPSA) is 41.6 Å². The SMILES string of the molecule is C=C(C)Cn1c(C(=O)N(CCN(C)C)Cc2ccccc2)cc2oc(C)cc21. The predicted molar refractivity (Wildman–Crippen MR) is 113 cm³/mol. The van der Waals surface area contributed by atoms with Crippen LogP contribution >= 0.6 is 0 Å². The summed E-state index contributed by atoms with van der Waals surface area (Å²) < 4.78 is 7.81. The Morgan fingerprint density at radius 1 is 1.14 bits per heavy atom. The number of carbonyl (C=O) groups is 1. The van der Waals surface area contributed by atoms with Crippen LogP contribution in [0.3, 0.4) is 0 Å². The number of furan rings is 1. The van der Waals surface area contributed by atoms with E-state index < -0.39 is 0 Å². The highest BCUT2D eigenvalue weighted by Gasteiger charge is 2.23. The van der Waals surface area contributed by atoms with Crippen LogP contribution in [0, 0.1) is 6.92 Å². The summed E-state index contributed by atoms with van der Waals surface area (Å²) >= 11 is 0. The first kappa shape index (κ1) is 20.0. The molecule has 3 rings (SSSR count). The molecular formula is C23H29N3O2. The molecule has 0 fully saturated rings. The van der Waals surface area contributed by atoms with Crippen LogP contribution in [0.1, 0.15) is 28.7 Å². The number of aryl methyl sites for hydroxylation is 1. The summed E-state index contributed by atoms with van der Waals surface area (Å²) in [5.41, 5.74) is 4.44. The molecule has 148 valence electrons. The van der Waals surface area contributed by atoms with Gasteiger partial charge in [0.2, 0.25) is 0 Å². The molecule has 0 bridgehead atoms. The Bertz CT molecular complexity index is 967. The quantitative estimate of drug-likeness (QED) is 0.547. The van der Waals surface area contributed by atoms with Crippen molar-refractivity contribution in [2.24, 2.45) is 0 Å². The Morgan fingerprint density at radius 3 is 2.50 bits per heavy atom. The van der Waals surface area contributed by atoms with E-state index in [1.165, 1.54) is 0 Å². The Morgan fingerprint density at radius 2 is 1.86 bits per heavy atom. The van der Waals surface area contributed by atoms with Gasteiger partial charge in [0.25, 0.3) is 5.91 Å². The fourth-order valence-corrected chi connectivity index (χ4v) is 3.32. The molecule has 28 heavy (non-hydrogen) atoms. The minimum absolute atomic E-state index is 0.0102. The van der Waals surface area contributed by atoms with Gasteiger partial charge < -0.3 is 18.8 Å². The number of rotatable bonds is 8. The summed E-state index contributed by atoms with van der Waals surface area (Å²) in [5.74, 6) is 0.851. The van der Waals surface area contributed by atoms with Gasteiger partial charge in [-0.1, -0.05) is 42.5 Å². The van der Waals surface area contributed by atoms with E-state index in [1.807, 2.05) is 67.7 Å². The second-order valence-electron chi connectivity index (χ2n) is 7.69. The highest BCUT2D eigenvalue weighted by Crippen LogP contribution is 2.26. The van der Waals surface area contributed by atoms with Crippen molar-refractivity contribution in [2.75, 3.05) is 27.2 Å². The molecule has 0 aliphatic heterocycles. The zero-order chi connectivity index (χ0) is 20.3. The molecule has 5 heteroatoms. The highest BCUT2D eigenvalue weighted by atomic mass is 16.3. The van der Waals surface area contributed by atoms with Gasteiger partial charge in [-0.2, -0.15) is 0 Å². The molecule has 0 unspecified atom stereocenters. The molecule has 0 atom stereocenters. The number of hydrogen-bond acceptors (Lipinski definition) is 3. The number of amides is 1. The van der Waals surface area contributed by atoms with Crippen molar-refractivity contribution in [3.05, 3.63) is 71.6 Å². The van der Waals surface area contributed by atoms with Crippen LogP contribution in [-0.2, 0) is 13.1 Å². The van der Waals surface area contributed by atoms with Crippen molar-refractivity contribution >= 4 is 17.0 Å². The van der Waals surface area contributed by atoms with E-state index in [1.54, 1.807) is 0 Å². The van der Waals surface area contributed by atoms with Crippen molar-refractivity contribution in [1.29, 1.82) is 0 Å². The molecule has 0 radical (unpaired) electrons. The van der Waals surface area contributed by atoms with Gasteiger partial charge in [0.15, 0.2) is 5.58 Å². The molecule has 3 aromatic rings. The van der Waals surface area contributed by atoms with E-state index in [0.29, 0.717) is 25.3 Å². The number of benzene rings is 1. The van der Waals surface area contributed by atoms with Gasteiger partial charge >= 0.3 is 0 Å². The number of fused-ring (bicyclic) bond motifs is 1. The lowest BCUT2D eigenvalue weighted by atomic mass is 10.2. The van der Waals surface area contributed by atoms with Crippen molar-refractivity contribution in [3.8, 4) is 0 Å². The summed E-state index contributed by atoms with van der Waals surface area (Å²) in [6.07, 6.45) is 0. The molecule has 2 heterocycles. The lowest BCUT2D eigenvalue weighted by molar-refractivity contribution is 0.0722. The fraction of sp³-hybridized carbons (Fsp3) is 0.348. The van der Waals surface area contributed by atoms with Gasteiger partial charge in [0.1, 0.15) is 11.5 Å². The molecule has 1 aromatic carbocycles. The molecule has 2 aromatic heterocycles. The standard InChI is InChI=1S/C23H29N3O2/c1-17(2)15-26-20-13-18(3)28-22(20)14-21(26)23(27)25(12-11-24(4)5)16-19-9-7-6-8-10-19/h6-10,13-14H,1,11-12,15-16H2,2-5H3. The van der Waals surface area contributed by atoms with Gasteiger partial charge in [0, 0.05) is 38.3 Å². The van der Waals surface area contributed by atoms with Crippen molar-refractivity contribution in [1.82, 2.24) is 14.4 Å². The minimum atomic E-state index is 0.0102. The van der Waals surface area contributed by atoms with Gasteiger partial charge in [-0.3, -0.25) is 4.79 Å². The third kappa shape index (κ3) is 4.54. The van der Waals surface area contributed by atoms with Crippen LogP contribution < -0.4 is 0 Å². The van der Waals surface area contributed by atoms with Crippen LogP contribution in [0.2, 0.25) is 0 Å². The molecule has 0 N–H and O–H groups in total. The molecule has 5 nitrogen and oxygen atoms in total. The summed E-state index contributed by atoms with van der Waals surface area (Å²) in [7, 11) is 4.04. The Hall–Kier alpha value is -2.79. The van der Waals surface area contributed by atoms with Crippen LogP contribution in [0.5, 0.6) is 0 Å². The van der Waals surface area contributed by atoms with E-state index in [2.05, 4.69) is 23.6 Å². The van der Waals surface area contributed by atoms with Gasteiger partial charge in [-0.25, -0.2) is 0 Å². The Kier molecular flexibility index (Phi) is 6.05. The van der Waals surface area contributed by atoms with Gasteiger partial charge in [0.05, 0.1) is 5.52 Å². The van der Waals surface area contributed by atoms with Crippen LogP contribution in [0.25, 0.3) is 11.1 Å². The highest BCUT2D eigenvalue weighted by molar-refractivity contribution is 5.97. The summed E-state index contributed by atoms with van der Waals surface area (Å²) in [5, 5.41) is 0. The smallest absolute Gasteiger partial charge is 0.270 e. The zero-order valence-corrected chi connectivity index (χ0v) is 17.2. The lowest BCUT2D eigenvalue weighted by Gasteiger charge is -2.25. The molecule has 0 saturated heterocycles. The summed E-state index contributed by atoms with van der Waals surface area (Å²) in [6.45, 7) is 10.6. The fourth-order valence-electron chi connectivity index (χ4n) is 3.32. The van der Waals surface area contributed by atoms with Crippen LogP contribution in [0.4, 0.5) is 0 Å². The first-order chi connectivity index (χ1) is 13.3. The average Bonchev–Trinajstić information content (AvgIpc) is 3.15. The number of carbonyl (C=O) groups excluding carboxylic acids is 1. The van der Waals surface area contributed by atoms with Gasteiger partial charge in [-0.05, 0) is 33.5 Å². The largest absolute Gasteiger partial charge is 0.460 e. The van der Waals surface area contributed by atoms with Crippen LogP contribution in [0.15, 0.2) is 59.0 Å². The van der Waals surface area contributed by atoms with E-state index in [4.69, 9.17) is 4.42 Å². The van der Waals surface area contributed by atoms with E-state index in [-0.39, 0.29) is 5.91 Å². The number of allylic oxidation sites excluding steroid dienone is 1. The maximum atomic E-state index is 13.5. The summed E-state index contributed by atoms with van der Waals surface area (Å²) in [6, 6.07) is 13.9. The number of hydrogen-bond donors (Lipinski definition) is 0. The van der Waals surface area contributed by atoms with Crippen molar-refractivity contribution < 1.29 is 9.21 Å². The lowest BCUT2D eigenvalue weighted by Crippen LogP contribution is -2.37. The Balaban J connectivity index is 1.96. The van der Waals surface area contributed by atoms with Crippen LogP contribution in [-0.4, -0.2) is 47.5 Å². The van der Waals surface area contributed by atoms with Crippen molar-refractivity contribution in [2.45, 2.75) is 26.9 Å². The first-order valence-corrected chi connectivity index (χ1v) is 9.57. The van der Waals surface area contributed by atoms with Gasteiger partial charge in [-0.15, -0.1) is 0 Å². The monoisotopic (exact) mass is 379 g/mol. The number of nitrogens with zero attached hydrogens (tertiary/aromatic N) is 3. The molecular weight excluding hydrogens is 350 g/mol. The maximum Gasteiger partial charge on any atom is 0.270 e. The second kappa shape index (κ2) is 8.48. The molecule has 0 aliphatic carbocycles. The minimum Gasteiger partial charge on any atom is -0.460 e. The maximum absolute atomic E-state index is 13.5. The first-order valence-electron chi connectivity index (χ1n) is 9.57. The third-order valence-electron chi connectivity index (χ3n) is 4.68. The Labute approximate surface area is 166 Å².